The summed E-state index contributed by atoms with van der Waals surface area (Å²) in [7, 11) is 3.65. The number of aromatic nitrogens is 2. The molecule has 0 saturated heterocycles. The molecule has 5 nitrogen and oxygen atoms in total. The Kier molecular flexibility index (Phi) is 3.74. The van der Waals surface area contributed by atoms with Crippen LogP contribution in [0, 0.1) is 6.92 Å². The van der Waals surface area contributed by atoms with Crippen molar-refractivity contribution in [2.75, 3.05) is 7.05 Å². The molecule has 2 aromatic rings. The number of aryl methyl sites for hydroxylation is 2. The Bertz CT molecular complexity index is 571. The number of rotatable bonds is 4. The highest BCUT2D eigenvalue weighted by Crippen LogP contribution is 2.18. The number of carbonyl (C=O) groups excluding carboxylic acids is 1. The molecule has 0 fully saturated rings. The van der Waals surface area contributed by atoms with E-state index < -0.39 is 0 Å². The van der Waals surface area contributed by atoms with Crippen molar-refractivity contribution in [2.45, 2.75) is 26.3 Å². The number of carbonyl (C=O) groups is 1. The summed E-state index contributed by atoms with van der Waals surface area (Å²) in [5, 5.41) is 4.10. The molecule has 2 rings (SSSR count). The first-order valence-electron chi connectivity index (χ1n) is 6.26. The number of amides is 1. The van der Waals surface area contributed by atoms with E-state index in [0.717, 1.165) is 17.0 Å². The Morgan fingerprint density at radius 1 is 1.53 bits per heavy atom. The summed E-state index contributed by atoms with van der Waals surface area (Å²) in [4.78, 5) is 14.1. The fourth-order valence-electron chi connectivity index (χ4n) is 2.17. The molecule has 19 heavy (non-hydrogen) atoms. The molecule has 0 aliphatic rings. The fourth-order valence-corrected chi connectivity index (χ4v) is 2.17. The molecule has 102 valence electrons. The molecule has 0 N–H and O–H groups in total. The van der Waals surface area contributed by atoms with Gasteiger partial charge in [-0.2, -0.15) is 5.10 Å². The minimum atomic E-state index is -0.204. The van der Waals surface area contributed by atoms with Crippen LogP contribution in [0.2, 0.25) is 0 Å². The first-order chi connectivity index (χ1) is 9.00. The van der Waals surface area contributed by atoms with Gasteiger partial charge in [0, 0.05) is 32.4 Å². The van der Waals surface area contributed by atoms with Gasteiger partial charge in [0.25, 0.3) is 0 Å². The van der Waals surface area contributed by atoms with E-state index in [4.69, 9.17) is 4.42 Å². The zero-order chi connectivity index (χ0) is 14.0. The smallest absolute Gasteiger partial charge is 0.231 e. The first-order valence-corrected chi connectivity index (χ1v) is 6.26. The maximum absolute atomic E-state index is 12.4. The lowest BCUT2D eigenvalue weighted by Crippen LogP contribution is -2.31. The molecular formula is C14H19N3O2. The van der Waals surface area contributed by atoms with E-state index >= 15 is 0 Å². The summed E-state index contributed by atoms with van der Waals surface area (Å²) < 4.78 is 6.98. The predicted molar refractivity (Wildman–Crippen MR) is 71.5 cm³/mol. The van der Waals surface area contributed by atoms with E-state index in [1.807, 2.05) is 40.1 Å². The monoisotopic (exact) mass is 261 g/mol. The lowest BCUT2D eigenvalue weighted by Gasteiger charge is -2.21. The number of nitrogens with zero attached hydrogens (tertiary/aromatic N) is 3. The number of furan rings is 1. The molecule has 2 aromatic heterocycles. The van der Waals surface area contributed by atoms with Crippen LogP contribution < -0.4 is 0 Å². The summed E-state index contributed by atoms with van der Waals surface area (Å²) in [5.74, 6) is 0.724. The Labute approximate surface area is 112 Å². The highest BCUT2D eigenvalue weighted by Gasteiger charge is 2.22. The Morgan fingerprint density at radius 2 is 2.26 bits per heavy atom. The van der Waals surface area contributed by atoms with E-state index in [1.54, 1.807) is 22.0 Å². The van der Waals surface area contributed by atoms with Crippen molar-refractivity contribution >= 4 is 5.91 Å². The van der Waals surface area contributed by atoms with Crippen molar-refractivity contribution in [2.24, 2.45) is 7.05 Å². The maximum Gasteiger partial charge on any atom is 0.231 e. The molecule has 0 aliphatic carbocycles. The molecule has 1 atom stereocenters. The van der Waals surface area contributed by atoms with E-state index in [0.29, 0.717) is 6.54 Å². The Morgan fingerprint density at radius 3 is 2.79 bits per heavy atom. The standard InChI is InChI=1S/C14H19N3O2/c1-10(13-5-7-15-17(13)4)14(18)16(3)9-12-6-8-19-11(12)2/h5-8,10H,9H2,1-4H3. The van der Waals surface area contributed by atoms with Crippen molar-refractivity contribution in [3.63, 3.8) is 0 Å². The van der Waals surface area contributed by atoms with Gasteiger partial charge in [0.15, 0.2) is 0 Å². The van der Waals surface area contributed by atoms with E-state index in [9.17, 15) is 4.79 Å². The van der Waals surface area contributed by atoms with Crippen molar-refractivity contribution in [3.8, 4) is 0 Å². The van der Waals surface area contributed by atoms with Crippen LogP contribution in [0.3, 0.4) is 0 Å². The second-order valence-electron chi connectivity index (χ2n) is 4.80. The number of likely N-dealkylation sites (N-methyl/N-ethyl adjacent to an activating group) is 1. The number of hydrogen-bond donors (Lipinski definition) is 0. The molecular weight excluding hydrogens is 242 g/mol. The van der Waals surface area contributed by atoms with E-state index in [2.05, 4.69) is 5.10 Å². The van der Waals surface area contributed by atoms with Gasteiger partial charge in [-0.3, -0.25) is 9.48 Å². The Hall–Kier alpha value is -2.04. The molecule has 0 spiro atoms. The van der Waals surface area contributed by atoms with Crippen LogP contribution in [-0.2, 0) is 18.4 Å². The SMILES string of the molecule is Cc1occc1CN(C)C(=O)C(C)c1ccnn1C. The molecule has 0 bridgehead atoms. The van der Waals surface area contributed by atoms with Crippen LogP contribution >= 0.6 is 0 Å². The Balaban J connectivity index is 2.07. The van der Waals surface area contributed by atoms with Crippen molar-refractivity contribution in [1.82, 2.24) is 14.7 Å². The lowest BCUT2D eigenvalue weighted by atomic mass is 10.1. The second-order valence-corrected chi connectivity index (χ2v) is 4.80. The van der Waals surface area contributed by atoms with Crippen molar-refractivity contribution in [1.29, 1.82) is 0 Å². The van der Waals surface area contributed by atoms with Crippen LogP contribution in [0.1, 0.15) is 29.9 Å². The summed E-state index contributed by atoms with van der Waals surface area (Å²) >= 11 is 0. The number of hydrogen-bond acceptors (Lipinski definition) is 3. The highest BCUT2D eigenvalue weighted by atomic mass is 16.3. The van der Waals surface area contributed by atoms with Gasteiger partial charge in [-0.05, 0) is 26.0 Å². The van der Waals surface area contributed by atoms with Gasteiger partial charge in [-0.15, -0.1) is 0 Å². The minimum absolute atomic E-state index is 0.0733. The minimum Gasteiger partial charge on any atom is -0.469 e. The molecule has 1 unspecified atom stereocenters. The third kappa shape index (κ3) is 2.70. The van der Waals surface area contributed by atoms with Crippen LogP contribution in [0.15, 0.2) is 29.0 Å². The van der Waals surface area contributed by atoms with Crippen LogP contribution in [0.25, 0.3) is 0 Å². The largest absolute Gasteiger partial charge is 0.469 e. The molecule has 0 radical (unpaired) electrons. The average Bonchev–Trinajstić information content (AvgIpc) is 2.97. The predicted octanol–water partition coefficient (Wildman–Crippen LogP) is 2.08. The van der Waals surface area contributed by atoms with Gasteiger partial charge in [0.1, 0.15) is 5.76 Å². The van der Waals surface area contributed by atoms with Gasteiger partial charge in [0.2, 0.25) is 5.91 Å². The van der Waals surface area contributed by atoms with Crippen LogP contribution in [0.5, 0.6) is 0 Å². The topological polar surface area (TPSA) is 51.3 Å². The molecule has 2 heterocycles. The fraction of sp³-hybridized carbons (Fsp3) is 0.429. The van der Waals surface area contributed by atoms with Crippen LogP contribution in [0.4, 0.5) is 0 Å². The third-order valence-corrected chi connectivity index (χ3v) is 3.42. The molecule has 5 heteroatoms. The first kappa shape index (κ1) is 13.4. The van der Waals surface area contributed by atoms with E-state index in [-0.39, 0.29) is 11.8 Å². The lowest BCUT2D eigenvalue weighted by molar-refractivity contribution is -0.131. The summed E-state index contributed by atoms with van der Waals surface area (Å²) in [6.45, 7) is 4.36. The van der Waals surface area contributed by atoms with Gasteiger partial charge < -0.3 is 9.32 Å². The molecule has 1 amide bonds. The van der Waals surface area contributed by atoms with Crippen molar-refractivity contribution in [3.05, 3.63) is 41.6 Å². The van der Waals surface area contributed by atoms with E-state index in [1.165, 1.54) is 0 Å². The average molecular weight is 261 g/mol. The summed E-state index contributed by atoms with van der Waals surface area (Å²) in [6.07, 6.45) is 3.35. The normalized spacial score (nSPS) is 12.4. The van der Waals surface area contributed by atoms with Gasteiger partial charge in [-0.25, -0.2) is 0 Å². The zero-order valence-corrected chi connectivity index (χ0v) is 11.8. The summed E-state index contributed by atoms with van der Waals surface area (Å²) in [6, 6.07) is 3.77. The third-order valence-electron chi connectivity index (χ3n) is 3.42. The van der Waals surface area contributed by atoms with Crippen LogP contribution in [-0.4, -0.2) is 27.6 Å². The molecule has 0 aliphatic heterocycles. The zero-order valence-electron chi connectivity index (χ0n) is 11.8. The summed E-state index contributed by atoms with van der Waals surface area (Å²) in [5.41, 5.74) is 1.95. The van der Waals surface area contributed by atoms with Crippen molar-refractivity contribution < 1.29 is 9.21 Å². The van der Waals surface area contributed by atoms with Gasteiger partial charge >= 0.3 is 0 Å². The van der Waals surface area contributed by atoms with Gasteiger partial charge in [-0.1, -0.05) is 0 Å². The molecule has 0 aromatic carbocycles. The van der Waals surface area contributed by atoms with Gasteiger partial charge in [0.05, 0.1) is 17.9 Å². The quantitative estimate of drug-likeness (QED) is 0.846. The highest BCUT2D eigenvalue weighted by molar-refractivity contribution is 5.82. The maximum atomic E-state index is 12.4. The molecule has 0 saturated carbocycles. The second kappa shape index (κ2) is 5.30.